The number of aromatic nitrogens is 1. The topological polar surface area (TPSA) is 46.1 Å². The summed E-state index contributed by atoms with van der Waals surface area (Å²) in [7, 11) is 0. The van der Waals surface area contributed by atoms with E-state index in [4.69, 9.17) is 0 Å². The first-order valence-corrected chi connectivity index (χ1v) is 10.8. The third-order valence-corrected chi connectivity index (χ3v) is 6.13. The summed E-state index contributed by atoms with van der Waals surface area (Å²) in [6, 6.07) is 23.5. The molecule has 1 fully saturated rings. The highest BCUT2D eigenvalue weighted by molar-refractivity contribution is 5.99. The Hall–Kier alpha value is -3.11. The first kappa shape index (κ1) is 18.9. The molecule has 4 heteroatoms. The van der Waals surface area contributed by atoms with Crippen LogP contribution in [0.25, 0.3) is 21.7 Å². The van der Waals surface area contributed by atoms with E-state index in [1.807, 2.05) is 6.07 Å². The van der Waals surface area contributed by atoms with E-state index in [0.717, 1.165) is 42.5 Å². The van der Waals surface area contributed by atoms with Gasteiger partial charge in [-0.05, 0) is 60.3 Å². The minimum atomic E-state index is 0.0118. The standard InChI is InChI=1S/C26H27N3O/c1-18-11-12-20-15-25(26(30)28-22-9-5-13-27-16-22)29(24(20)14-18)17-21-8-4-7-19-6-2-3-10-23(19)21/h2-4,6-8,10-12,14-15,22,27H,5,9,13,16-17H2,1H3,(H,28,30). The van der Waals surface area contributed by atoms with Crippen LogP contribution in [0.3, 0.4) is 0 Å². The van der Waals surface area contributed by atoms with Crippen LogP contribution in [0.15, 0.2) is 66.7 Å². The monoisotopic (exact) mass is 397 g/mol. The molecule has 0 radical (unpaired) electrons. The molecule has 2 N–H and O–H groups in total. The number of benzene rings is 3. The van der Waals surface area contributed by atoms with E-state index >= 15 is 0 Å². The van der Waals surface area contributed by atoms with Gasteiger partial charge in [-0.25, -0.2) is 0 Å². The molecule has 0 bridgehead atoms. The Labute approximate surface area is 176 Å². The Morgan fingerprint density at radius 1 is 1.07 bits per heavy atom. The molecule has 1 aliphatic rings. The van der Waals surface area contributed by atoms with E-state index in [2.05, 4.69) is 82.8 Å². The average molecular weight is 398 g/mol. The van der Waals surface area contributed by atoms with Crippen molar-refractivity contribution in [2.45, 2.75) is 32.4 Å². The zero-order valence-corrected chi connectivity index (χ0v) is 17.3. The first-order chi connectivity index (χ1) is 14.7. The van der Waals surface area contributed by atoms with E-state index in [-0.39, 0.29) is 11.9 Å². The van der Waals surface area contributed by atoms with Gasteiger partial charge in [0.15, 0.2) is 0 Å². The minimum absolute atomic E-state index is 0.0118. The lowest BCUT2D eigenvalue weighted by atomic mass is 10.0. The zero-order chi connectivity index (χ0) is 20.5. The van der Waals surface area contributed by atoms with E-state index < -0.39 is 0 Å². The highest BCUT2D eigenvalue weighted by Crippen LogP contribution is 2.26. The maximum absolute atomic E-state index is 13.3. The summed E-state index contributed by atoms with van der Waals surface area (Å²) in [6.45, 7) is 4.64. The van der Waals surface area contributed by atoms with Crippen molar-refractivity contribution in [3.05, 3.63) is 83.6 Å². The molecule has 2 heterocycles. The van der Waals surface area contributed by atoms with Gasteiger partial charge in [-0.15, -0.1) is 0 Å². The molecular formula is C26H27N3O. The summed E-state index contributed by atoms with van der Waals surface area (Å²) >= 11 is 0. The molecular weight excluding hydrogens is 370 g/mol. The number of fused-ring (bicyclic) bond motifs is 2. The van der Waals surface area contributed by atoms with Gasteiger partial charge in [-0.2, -0.15) is 0 Å². The van der Waals surface area contributed by atoms with Gasteiger partial charge in [-0.1, -0.05) is 54.6 Å². The number of carbonyl (C=O) groups excluding carboxylic acids is 1. The van der Waals surface area contributed by atoms with Crippen LogP contribution in [0, 0.1) is 6.92 Å². The maximum atomic E-state index is 13.3. The van der Waals surface area contributed by atoms with Crippen molar-refractivity contribution < 1.29 is 4.79 Å². The van der Waals surface area contributed by atoms with Crippen molar-refractivity contribution in [1.82, 2.24) is 15.2 Å². The summed E-state index contributed by atoms with van der Waals surface area (Å²) in [6.07, 6.45) is 2.13. The van der Waals surface area contributed by atoms with Crippen LogP contribution in [0.4, 0.5) is 0 Å². The second-order valence-electron chi connectivity index (χ2n) is 8.33. The van der Waals surface area contributed by atoms with Crippen molar-refractivity contribution in [3.8, 4) is 0 Å². The highest BCUT2D eigenvalue weighted by Gasteiger charge is 2.21. The lowest BCUT2D eigenvalue weighted by molar-refractivity contribution is 0.0922. The molecule has 1 saturated heterocycles. The predicted molar refractivity (Wildman–Crippen MR) is 123 cm³/mol. The number of amides is 1. The molecule has 0 saturated carbocycles. The lowest BCUT2D eigenvalue weighted by Crippen LogP contribution is -2.46. The molecule has 1 aliphatic heterocycles. The number of aryl methyl sites for hydroxylation is 1. The van der Waals surface area contributed by atoms with Crippen LogP contribution in [-0.2, 0) is 6.54 Å². The van der Waals surface area contributed by atoms with E-state index in [0.29, 0.717) is 6.54 Å². The minimum Gasteiger partial charge on any atom is -0.347 e. The number of nitrogens with zero attached hydrogens (tertiary/aromatic N) is 1. The predicted octanol–water partition coefficient (Wildman–Crippen LogP) is 4.63. The average Bonchev–Trinajstić information content (AvgIpc) is 3.12. The lowest BCUT2D eigenvalue weighted by Gasteiger charge is -2.24. The van der Waals surface area contributed by atoms with E-state index in [9.17, 15) is 4.79 Å². The number of carbonyl (C=O) groups is 1. The van der Waals surface area contributed by atoms with Crippen LogP contribution in [0.1, 0.15) is 34.5 Å². The molecule has 3 aromatic carbocycles. The third-order valence-electron chi connectivity index (χ3n) is 6.13. The van der Waals surface area contributed by atoms with Crippen LogP contribution in [0.2, 0.25) is 0 Å². The van der Waals surface area contributed by atoms with Crippen LogP contribution in [0.5, 0.6) is 0 Å². The van der Waals surface area contributed by atoms with Crippen molar-refractivity contribution in [1.29, 1.82) is 0 Å². The second kappa shape index (κ2) is 7.96. The Kier molecular flexibility index (Phi) is 5.01. The summed E-state index contributed by atoms with van der Waals surface area (Å²) < 4.78 is 2.18. The number of nitrogens with one attached hydrogen (secondary N) is 2. The summed E-state index contributed by atoms with van der Waals surface area (Å²) in [4.78, 5) is 13.3. The number of hydrogen-bond donors (Lipinski definition) is 2. The molecule has 1 unspecified atom stereocenters. The molecule has 30 heavy (non-hydrogen) atoms. The summed E-state index contributed by atoms with van der Waals surface area (Å²) in [5.74, 6) is 0.0118. The molecule has 4 nitrogen and oxygen atoms in total. The van der Waals surface area contributed by atoms with Crippen LogP contribution in [-0.4, -0.2) is 29.6 Å². The van der Waals surface area contributed by atoms with Gasteiger partial charge < -0.3 is 15.2 Å². The third kappa shape index (κ3) is 3.59. The van der Waals surface area contributed by atoms with Gasteiger partial charge in [0.2, 0.25) is 0 Å². The van der Waals surface area contributed by atoms with Crippen molar-refractivity contribution in [2.75, 3.05) is 13.1 Å². The largest absolute Gasteiger partial charge is 0.347 e. The van der Waals surface area contributed by atoms with Gasteiger partial charge >= 0.3 is 0 Å². The molecule has 4 aromatic rings. The van der Waals surface area contributed by atoms with Crippen LogP contribution < -0.4 is 10.6 Å². The quantitative estimate of drug-likeness (QED) is 0.527. The summed E-state index contributed by atoms with van der Waals surface area (Å²) in [5, 5.41) is 10.2. The van der Waals surface area contributed by atoms with Crippen molar-refractivity contribution in [3.63, 3.8) is 0 Å². The van der Waals surface area contributed by atoms with E-state index in [1.165, 1.54) is 21.9 Å². The molecule has 5 rings (SSSR count). The SMILES string of the molecule is Cc1ccc2cc(C(=O)NC3CCCNC3)n(Cc3cccc4ccccc34)c2c1. The highest BCUT2D eigenvalue weighted by atomic mass is 16.2. The summed E-state index contributed by atoms with van der Waals surface area (Å²) in [5.41, 5.74) is 4.26. The van der Waals surface area contributed by atoms with Gasteiger partial charge in [0.1, 0.15) is 5.69 Å². The van der Waals surface area contributed by atoms with Gasteiger partial charge in [-0.3, -0.25) is 4.79 Å². The van der Waals surface area contributed by atoms with E-state index in [1.54, 1.807) is 0 Å². The molecule has 1 amide bonds. The fourth-order valence-electron chi connectivity index (χ4n) is 4.56. The van der Waals surface area contributed by atoms with Crippen molar-refractivity contribution in [2.24, 2.45) is 0 Å². The number of rotatable bonds is 4. The maximum Gasteiger partial charge on any atom is 0.268 e. The molecule has 1 atom stereocenters. The van der Waals surface area contributed by atoms with Crippen molar-refractivity contribution >= 4 is 27.6 Å². The Morgan fingerprint density at radius 3 is 2.80 bits per heavy atom. The van der Waals surface area contributed by atoms with Crippen LogP contribution >= 0.6 is 0 Å². The normalized spacial score (nSPS) is 16.8. The number of hydrogen-bond acceptors (Lipinski definition) is 2. The smallest absolute Gasteiger partial charge is 0.268 e. The number of piperidine rings is 1. The fraction of sp³-hybridized carbons (Fsp3) is 0.269. The molecule has 1 aromatic heterocycles. The molecule has 0 aliphatic carbocycles. The Balaban J connectivity index is 1.57. The Morgan fingerprint density at radius 2 is 1.93 bits per heavy atom. The first-order valence-electron chi connectivity index (χ1n) is 10.8. The Bertz CT molecular complexity index is 1210. The zero-order valence-electron chi connectivity index (χ0n) is 17.3. The van der Waals surface area contributed by atoms with Gasteiger partial charge in [0, 0.05) is 30.0 Å². The fourth-order valence-corrected chi connectivity index (χ4v) is 4.56. The second-order valence-corrected chi connectivity index (χ2v) is 8.33. The molecule has 0 spiro atoms. The van der Waals surface area contributed by atoms with Gasteiger partial charge in [0.25, 0.3) is 5.91 Å². The molecule has 152 valence electrons. The van der Waals surface area contributed by atoms with Gasteiger partial charge in [0.05, 0.1) is 0 Å².